The Morgan fingerprint density at radius 1 is 0.974 bits per heavy atom. The molecule has 0 aliphatic carbocycles. The molecule has 1 aliphatic heterocycles. The first-order chi connectivity index (χ1) is 18.7. The smallest absolute Gasteiger partial charge is 0.309 e. The fourth-order valence-corrected chi connectivity index (χ4v) is 4.62. The summed E-state index contributed by atoms with van der Waals surface area (Å²) in [4.78, 5) is 39.3. The number of benzene rings is 2. The van der Waals surface area contributed by atoms with Crippen LogP contribution in [0, 0.1) is 17.3 Å². The molecule has 4 atom stereocenters. The largest absolute Gasteiger partial charge is 0.463 e. The number of carbonyl (C=O) groups excluding carboxylic acids is 3. The number of aliphatic hydroxyl groups excluding tert-OH is 1. The van der Waals surface area contributed by atoms with Gasteiger partial charge in [0.15, 0.2) is 0 Å². The van der Waals surface area contributed by atoms with Crippen LogP contribution in [-0.4, -0.2) is 48.2 Å². The van der Waals surface area contributed by atoms with Crippen LogP contribution >= 0.6 is 0 Å². The van der Waals surface area contributed by atoms with E-state index in [0.29, 0.717) is 25.7 Å². The average molecular weight is 535 g/mol. The predicted molar refractivity (Wildman–Crippen MR) is 152 cm³/mol. The van der Waals surface area contributed by atoms with E-state index in [4.69, 9.17) is 4.74 Å². The molecular weight excluding hydrogens is 492 g/mol. The van der Waals surface area contributed by atoms with Gasteiger partial charge < -0.3 is 20.5 Å². The molecule has 2 amide bonds. The molecule has 0 radical (unpaired) electrons. The predicted octanol–water partition coefficient (Wildman–Crippen LogP) is 4.00. The maximum absolute atomic E-state index is 13.3. The molecule has 7 heteroatoms. The fraction of sp³-hybridized carbons (Fsp3) is 0.469. The fourth-order valence-electron chi connectivity index (χ4n) is 4.62. The summed E-state index contributed by atoms with van der Waals surface area (Å²) in [5.41, 5.74) is 1.70. The Morgan fingerprint density at radius 3 is 2.15 bits per heavy atom. The number of rotatable bonds is 8. The number of esters is 1. The number of nitrogens with one attached hydrogen (secondary N) is 2. The van der Waals surface area contributed by atoms with E-state index < -0.39 is 18.0 Å². The molecule has 0 spiro atoms. The van der Waals surface area contributed by atoms with E-state index in [1.807, 2.05) is 93.6 Å². The number of hydrogen-bond acceptors (Lipinski definition) is 5. The Balaban J connectivity index is 1.73. The zero-order valence-electron chi connectivity index (χ0n) is 23.3. The van der Waals surface area contributed by atoms with E-state index in [0.717, 1.165) is 11.1 Å². The first-order valence-electron chi connectivity index (χ1n) is 13.8. The second-order valence-electron chi connectivity index (χ2n) is 11.4. The van der Waals surface area contributed by atoms with Gasteiger partial charge in [-0.05, 0) is 42.2 Å². The number of aliphatic hydroxyl groups is 1. The summed E-state index contributed by atoms with van der Waals surface area (Å²) >= 11 is 0. The normalized spacial score (nSPS) is 21.6. The highest BCUT2D eigenvalue weighted by Gasteiger charge is 2.32. The van der Waals surface area contributed by atoms with Gasteiger partial charge in [-0.3, -0.25) is 14.4 Å². The zero-order valence-corrected chi connectivity index (χ0v) is 23.3. The number of allylic oxidation sites excluding steroid dienone is 2. The van der Waals surface area contributed by atoms with Crippen molar-refractivity contribution in [3.8, 4) is 0 Å². The molecule has 0 unspecified atom stereocenters. The summed E-state index contributed by atoms with van der Waals surface area (Å²) in [6.45, 7) is 5.81. The summed E-state index contributed by atoms with van der Waals surface area (Å²) in [6, 6.07) is 18.6. The van der Waals surface area contributed by atoms with Crippen LogP contribution in [0.4, 0.5) is 0 Å². The van der Waals surface area contributed by atoms with Crippen LogP contribution in [-0.2, 0) is 32.0 Å². The number of amides is 2. The lowest BCUT2D eigenvalue weighted by Gasteiger charge is -2.33. The van der Waals surface area contributed by atoms with Crippen LogP contribution in [0.3, 0.4) is 0 Å². The van der Waals surface area contributed by atoms with Gasteiger partial charge in [-0.2, -0.15) is 0 Å². The Morgan fingerprint density at radius 2 is 1.56 bits per heavy atom. The van der Waals surface area contributed by atoms with E-state index in [1.165, 1.54) is 0 Å². The summed E-state index contributed by atoms with van der Waals surface area (Å²) < 4.78 is 5.73. The van der Waals surface area contributed by atoms with Gasteiger partial charge in [0.1, 0.15) is 6.61 Å². The molecule has 3 rings (SSSR count). The van der Waals surface area contributed by atoms with Crippen molar-refractivity contribution in [2.45, 2.75) is 65.0 Å². The summed E-state index contributed by atoms with van der Waals surface area (Å²) in [5, 5.41) is 15.8. The number of cyclic esters (lactones) is 1. The van der Waals surface area contributed by atoms with Crippen molar-refractivity contribution >= 4 is 17.8 Å². The van der Waals surface area contributed by atoms with Gasteiger partial charge in [-0.15, -0.1) is 0 Å². The van der Waals surface area contributed by atoms with E-state index in [1.54, 1.807) is 0 Å². The van der Waals surface area contributed by atoms with Crippen LogP contribution in [0.2, 0.25) is 0 Å². The van der Waals surface area contributed by atoms with E-state index in [2.05, 4.69) is 10.6 Å². The van der Waals surface area contributed by atoms with Gasteiger partial charge in [-0.1, -0.05) is 93.6 Å². The molecule has 1 heterocycles. The molecule has 0 bridgehead atoms. The van der Waals surface area contributed by atoms with Gasteiger partial charge in [0.25, 0.3) is 0 Å². The van der Waals surface area contributed by atoms with Gasteiger partial charge in [0.2, 0.25) is 11.8 Å². The van der Waals surface area contributed by atoms with Gasteiger partial charge in [0, 0.05) is 6.42 Å². The highest BCUT2D eigenvalue weighted by Crippen LogP contribution is 2.24. The monoisotopic (exact) mass is 534 g/mol. The Labute approximate surface area is 232 Å². The Kier molecular flexibility index (Phi) is 11.3. The SMILES string of the molecule is CC(C)(C)[C@H]1COC(=O)[C@@H](Cc2ccccc2)CC=CC[C@H](CC(=O)N[C@@H](CO)Cc2ccccc2)C(=O)N1. The molecule has 210 valence electrons. The molecule has 2 aromatic rings. The molecule has 0 saturated heterocycles. The van der Waals surface area contributed by atoms with Gasteiger partial charge in [0.05, 0.1) is 30.5 Å². The quantitative estimate of drug-likeness (QED) is 0.351. The second kappa shape index (κ2) is 14.6. The molecule has 0 saturated carbocycles. The third-order valence-electron chi connectivity index (χ3n) is 7.13. The Hall–Kier alpha value is -3.45. The van der Waals surface area contributed by atoms with Crippen molar-refractivity contribution in [1.29, 1.82) is 0 Å². The van der Waals surface area contributed by atoms with Crippen molar-refractivity contribution < 1.29 is 24.2 Å². The standard InChI is InChI=1S/C32H42N2O5/c1-32(2,3)28-22-39-31(38)26(18-23-12-6-4-7-13-23)17-11-10-16-25(30(37)34-28)20-29(36)33-27(21-35)19-24-14-8-5-9-15-24/h4-15,25-28,35H,16-22H2,1-3H3,(H,33,36)(H,34,37)/t25-,26-,27-,28-/m1/s1. The minimum atomic E-state index is -0.593. The van der Waals surface area contributed by atoms with Crippen LogP contribution in [0.1, 0.15) is 51.2 Å². The van der Waals surface area contributed by atoms with Crippen molar-refractivity contribution in [3.63, 3.8) is 0 Å². The molecule has 0 fully saturated rings. The van der Waals surface area contributed by atoms with Crippen molar-refractivity contribution in [2.24, 2.45) is 17.3 Å². The molecular formula is C32H42N2O5. The van der Waals surface area contributed by atoms with Crippen molar-refractivity contribution in [3.05, 3.63) is 83.9 Å². The third kappa shape index (κ3) is 9.98. The van der Waals surface area contributed by atoms with Crippen LogP contribution in [0.25, 0.3) is 0 Å². The maximum Gasteiger partial charge on any atom is 0.309 e. The average Bonchev–Trinajstić information content (AvgIpc) is 2.91. The number of carbonyl (C=O) groups is 3. The molecule has 1 aliphatic rings. The van der Waals surface area contributed by atoms with Crippen LogP contribution in [0.15, 0.2) is 72.8 Å². The summed E-state index contributed by atoms with van der Waals surface area (Å²) in [5.74, 6) is -1.76. The topological polar surface area (TPSA) is 105 Å². The summed E-state index contributed by atoms with van der Waals surface area (Å²) in [6.07, 6.45) is 5.69. The van der Waals surface area contributed by atoms with Gasteiger partial charge in [-0.25, -0.2) is 0 Å². The number of ether oxygens (including phenoxy) is 1. The second-order valence-corrected chi connectivity index (χ2v) is 11.4. The molecule has 3 N–H and O–H groups in total. The minimum Gasteiger partial charge on any atom is -0.463 e. The van der Waals surface area contributed by atoms with Crippen LogP contribution < -0.4 is 10.6 Å². The highest BCUT2D eigenvalue weighted by atomic mass is 16.5. The van der Waals surface area contributed by atoms with Crippen LogP contribution in [0.5, 0.6) is 0 Å². The highest BCUT2D eigenvalue weighted by molar-refractivity contribution is 5.86. The molecule has 39 heavy (non-hydrogen) atoms. The third-order valence-corrected chi connectivity index (χ3v) is 7.13. The Bertz CT molecular complexity index is 1090. The van der Waals surface area contributed by atoms with Crippen molar-refractivity contribution in [1.82, 2.24) is 10.6 Å². The molecule has 0 aromatic heterocycles. The van der Waals surface area contributed by atoms with E-state index in [9.17, 15) is 19.5 Å². The lowest BCUT2D eigenvalue weighted by atomic mass is 9.86. The molecule has 2 aromatic carbocycles. The van der Waals surface area contributed by atoms with Crippen molar-refractivity contribution in [2.75, 3.05) is 13.2 Å². The maximum atomic E-state index is 13.3. The zero-order chi connectivity index (χ0) is 28.3. The van der Waals surface area contributed by atoms with E-state index >= 15 is 0 Å². The van der Waals surface area contributed by atoms with Gasteiger partial charge >= 0.3 is 5.97 Å². The lowest BCUT2D eigenvalue weighted by Crippen LogP contribution is -2.50. The van der Waals surface area contributed by atoms with E-state index in [-0.39, 0.29) is 48.8 Å². The molecule has 7 nitrogen and oxygen atoms in total. The first kappa shape index (κ1) is 30.1. The summed E-state index contributed by atoms with van der Waals surface area (Å²) in [7, 11) is 0. The first-order valence-corrected chi connectivity index (χ1v) is 13.8. The lowest BCUT2D eigenvalue weighted by molar-refractivity contribution is -0.151. The number of hydrogen-bond donors (Lipinski definition) is 3. The minimum absolute atomic E-state index is 0.00838.